The van der Waals surface area contributed by atoms with E-state index < -0.39 is 0 Å². The summed E-state index contributed by atoms with van der Waals surface area (Å²) in [6, 6.07) is 4.07. The Balaban J connectivity index is 1.61. The van der Waals surface area contributed by atoms with Crippen LogP contribution in [0.5, 0.6) is 0 Å². The number of fused-ring (bicyclic) bond motifs is 5. The van der Waals surface area contributed by atoms with Gasteiger partial charge in [0.05, 0.1) is 5.69 Å². The summed E-state index contributed by atoms with van der Waals surface area (Å²) < 4.78 is 1.84. The van der Waals surface area contributed by atoms with Crippen molar-refractivity contribution in [3.8, 4) is 11.1 Å². The van der Waals surface area contributed by atoms with Gasteiger partial charge >= 0.3 is 0 Å². The lowest BCUT2D eigenvalue weighted by Crippen LogP contribution is -2.00. The number of nitrogens with zero attached hydrogens (tertiary/aromatic N) is 3. The Morgan fingerprint density at radius 2 is 2.00 bits per heavy atom. The maximum absolute atomic E-state index is 6.31. The van der Waals surface area contributed by atoms with Crippen molar-refractivity contribution in [2.75, 3.05) is 5.73 Å². The molecule has 2 N–H and O–H groups in total. The Bertz CT molecular complexity index is 689. The van der Waals surface area contributed by atoms with Gasteiger partial charge < -0.3 is 5.73 Å². The number of nitrogen functional groups attached to an aromatic ring is 1. The minimum atomic E-state index is 0.648. The van der Waals surface area contributed by atoms with E-state index in [0.29, 0.717) is 5.92 Å². The molecular formula is C17H20N4. The number of rotatable bonds is 2. The predicted molar refractivity (Wildman–Crippen MR) is 81.4 cm³/mol. The van der Waals surface area contributed by atoms with Crippen LogP contribution in [0.15, 0.2) is 24.5 Å². The van der Waals surface area contributed by atoms with Crippen LogP contribution >= 0.6 is 0 Å². The Morgan fingerprint density at radius 1 is 1.24 bits per heavy atom. The molecule has 0 saturated heterocycles. The molecule has 0 aromatic carbocycles. The molecule has 3 aliphatic carbocycles. The number of hydrogen-bond acceptors (Lipinski definition) is 3. The molecule has 2 aromatic heterocycles. The topological polar surface area (TPSA) is 56.7 Å². The van der Waals surface area contributed by atoms with Crippen LogP contribution in [0.25, 0.3) is 11.1 Å². The second-order valence-electron chi connectivity index (χ2n) is 7.02. The van der Waals surface area contributed by atoms with E-state index in [4.69, 9.17) is 10.8 Å². The molecule has 4 heteroatoms. The fraction of sp³-hybridized carbons (Fsp3) is 0.529. The standard InChI is InChI=1S/C17H20N4/c1-21-17(18)14(11-3-2-6-19-8-11)16(20-21)15-12-9-4-5-10(7-9)13(12)15/h2-3,6,8-10,12-13,15H,4-5,7,18H2,1H3. The monoisotopic (exact) mass is 280 g/mol. The zero-order valence-electron chi connectivity index (χ0n) is 12.2. The molecule has 3 fully saturated rings. The van der Waals surface area contributed by atoms with Crippen molar-refractivity contribution in [3.63, 3.8) is 0 Å². The lowest BCUT2D eigenvalue weighted by Gasteiger charge is -2.08. The summed E-state index contributed by atoms with van der Waals surface area (Å²) >= 11 is 0. The number of hydrogen-bond donors (Lipinski definition) is 1. The fourth-order valence-corrected chi connectivity index (χ4v) is 5.29. The highest BCUT2D eigenvalue weighted by Gasteiger charge is 2.66. The van der Waals surface area contributed by atoms with Crippen LogP contribution in [0, 0.1) is 23.7 Å². The quantitative estimate of drug-likeness (QED) is 0.920. The van der Waals surface area contributed by atoms with E-state index in [1.54, 1.807) is 0 Å². The van der Waals surface area contributed by atoms with E-state index in [9.17, 15) is 0 Å². The first kappa shape index (κ1) is 11.8. The lowest BCUT2D eigenvalue weighted by atomic mass is 9.96. The molecule has 0 amide bonds. The highest BCUT2D eigenvalue weighted by atomic mass is 15.3. The van der Waals surface area contributed by atoms with Crippen molar-refractivity contribution >= 4 is 5.82 Å². The predicted octanol–water partition coefficient (Wildman–Crippen LogP) is 2.82. The smallest absolute Gasteiger partial charge is 0.129 e. The normalized spacial score (nSPS) is 36.0. The average Bonchev–Trinajstić information content (AvgIpc) is 2.79. The Hall–Kier alpha value is -1.84. The first-order chi connectivity index (χ1) is 10.3. The van der Waals surface area contributed by atoms with Gasteiger partial charge in [0.1, 0.15) is 5.82 Å². The molecule has 0 radical (unpaired) electrons. The third-order valence-corrected chi connectivity index (χ3v) is 6.12. The summed E-state index contributed by atoms with van der Waals surface area (Å²) in [4.78, 5) is 4.25. The van der Waals surface area contributed by atoms with Crippen LogP contribution in [-0.4, -0.2) is 14.8 Å². The molecule has 21 heavy (non-hydrogen) atoms. The highest BCUT2D eigenvalue weighted by molar-refractivity contribution is 5.77. The number of aromatic nitrogens is 3. The minimum absolute atomic E-state index is 0.648. The summed E-state index contributed by atoms with van der Waals surface area (Å²) in [5.41, 5.74) is 9.78. The third-order valence-electron chi connectivity index (χ3n) is 6.12. The van der Waals surface area contributed by atoms with Gasteiger partial charge in [-0.05, 0) is 49.0 Å². The van der Waals surface area contributed by atoms with Gasteiger partial charge in [-0.2, -0.15) is 5.10 Å². The number of aryl methyl sites for hydroxylation is 1. The third kappa shape index (κ3) is 1.45. The summed E-state index contributed by atoms with van der Waals surface area (Å²) in [5.74, 6) is 5.09. The summed E-state index contributed by atoms with van der Waals surface area (Å²) in [5, 5.41) is 4.79. The van der Waals surface area contributed by atoms with Gasteiger partial charge in [-0.3, -0.25) is 9.67 Å². The Morgan fingerprint density at radius 3 is 2.67 bits per heavy atom. The van der Waals surface area contributed by atoms with Crippen LogP contribution < -0.4 is 5.73 Å². The van der Waals surface area contributed by atoms with Gasteiger partial charge in [0.2, 0.25) is 0 Å². The van der Waals surface area contributed by atoms with E-state index in [-0.39, 0.29) is 0 Å². The van der Waals surface area contributed by atoms with Crippen molar-refractivity contribution in [2.45, 2.75) is 25.2 Å². The van der Waals surface area contributed by atoms with Crippen molar-refractivity contribution in [1.29, 1.82) is 0 Å². The lowest BCUT2D eigenvalue weighted by molar-refractivity contribution is 0.456. The van der Waals surface area contributed by atoms with Crippen LogP contribution in [0.3, 0.4) is 0 Å². The first-order valence-corrected chi connectivity index (χ1v) is 7.98. The number of nitrogens with two attached hydrogens (primary N) is 1. The van der Waals surface area contributed by atoms with Crippen molar-refractivity contribution in [2.24, 2.45) is 30.7 Å². The molecule has 4 atom stereocenters. The molecule has 2 heterocycles. The highest BCUT2D eigenvalue weighted by Crippen LogP contribution is 2.73. The fourth-order valence-electron chi connectivity index (χ4n) is 5.29. The van der Waals surface area contributed by atoms with Crippen LogP contribution in [0.2, 0.25) is 0 Å². The number of anilines is 1. The zero-order valence-corrected chi connectivity index (χ0v) is 12.2. The molecule has 0 spiro atoms. The summed E-state index contributed by atoms with van der Waals surface area (Å²) in [6.07, 6.45) is 8.06. The van der Waals surface area contributed by atoms with Crippen LogP contribution in [0.1, 0.15) is 30.9 Å². The van der Waals surface area contributed by atoms with Gasteiger partial charge in [0, 0.05) is 36.5 Å². The van der Waals surface area contributed by atoms with Gasteiger partial charge in [-0.1, -0.05) is 6.07 Å². The van der Waals surface area contributed by atoms with Gasteiger partial charge in [-0.25, -0.2) is 0 Å². The molecule has 3 aliphatic rings. The second-order valence-corrected chi connectivity index (χ2v) is 7.02. The van der Waals surface area contributed by atoms with Gasteiger partial charge in [0.15, 0.2) is 0 Å². The van der Waals surface area contributed by atoms with Crippen molar-refractivity contribution < 1.29 is 0 Å². The molecule has 5 rings (SSSR count). The first-order valence-electron chi connectivity index (χ1n) is 7.98. The maximum atomic E-state index is 6.31. The maximum Gasteiger partial charge on any atom is 0.129 e. The van der Waals surface area contributed by atoms with Gasteiger partial charge in [-0.15, -0.1) is 0 Å². The largest absolute Gasteiger partial charge is 0.383 e. The molecule has 4 nitrogen and oxygen atoms in total. The van der Waals surface area contributed by atoms with E-state index in [1.807, 2.05) is 30.2 Å². The summed E-state index contributed by atoms with van der Waals surface area (Å²) in [6.45, 7) is 0. The van der Waals surface area contributed by atoms with Crippen molar-refractivity contribution in [1.82, 2.24) is 14.8 Å². The SMILES string of the molecule is Cn1nc(C2C3C4CCC(C4)C23)c(-c2cccnc2)c1N. The molecule has 0 aliphatic heterocycles. The molecule has 4 unspecified atom stereocenters. The molecule has 3 saturated carbocycles. The van der Waals surface area contributed by atoms with E-state index >= 15 is 0 Å². The zero-order chi connectivity index (χ0) is 14.1. The van der Waals surface area contributed by atoms with Gasteiger partial charge in [0.25, 0.3) is 0 Å². The average molecular weight is 280 g/mol. The molecule has 108 valence electrons. The Kier molecular flexibility index (Phi) is 2.17. The van der Waals surface area contributed by atoms with Crippen molar-refractivity contribution in [3.05, 3.63) is 30.2 Å². The van der Waals surface area contributed by atoms with E-state index in [2.05, 4.69) is 11.1 Å². The molecular weight excluding hydrogens is 260 g/mol. The van der Waals surface area contributed by atoms with E-state index in [0.717, 1.165) is 40.6 Å². The second kappa shape index (κ2) is 3.87. The molecule has 2 bridgehead atoms. The Labute approximate surface area is 124 Å². The van der Waals surface area contributed by atoms with E-state index in [1.165, 1.54) is 25.0 Å². The molecule has 2 aromatic rings. The van der Waals surface area contributed by atoms with Crippen LogP contribution in [-0.2, 0) is 7.05 Å². The van der Waals surface area contributed by atoms with Crippen LogP contribution in [0.4, 0.5) is 5.82 Å². The minimum Gasteiger partial charge on any atom is -0.383 e. The summed E-state index contributed by atoms with van der Waals surface area (Å²) in [7, 11) is 1.95. The number of pyridine rings is 1.